The third-order valence-electron chi connectivity index (χ3n) is 3.81. The van der Waals surface area contributed by atoms with Gasteiger partial charge in [-0.1, -0.05) is 0 Å². The molecule has 5 nitrogen and oxygen atoms in total. The van der Waals surface area contributed by atoms with Crippen LogP contribution in [0.2, 0.25) is 0 Å². The molecule has 1 saturated heterocycles. The molecule has 1 aliphatic heterocycles. The molecule has 1 fully saturated rings. The van der Waals surface area contributed by atoms with Crippen LogP contribution in [0.5, 0.6) is 0 Å². The van der Waals surface area contributed by atoms with Crippen LogP contribution in [0.3, 0.4) is 0 Å². The highest BCUT2D eigenvalue weighted by atomic mass is 16.5. The smallest absolute Gasteiger partial charge is 0.254 e. The van der Waals surface area contributed by atoms with Crippen LogP contribution in [0.25, 0.3) is 11.0 Å². The zero-order valence-electron chi connectivity index (χ0n) is 11.1. The molecule has 0 radical (unpaired) electrons. The average molecular weight is 259 g/mol. The zero-order chi connectivity index (χ0) is 13.4. The van der Waals surface area contributed by atoms with Gasteiger partial charge in [-0.15, -0.1) is 0 Å². The first-order valence-electron chi connectivity index (χ1n) is 6.52. The molecule has 1 aromatic heterocycles. The molecule has 3 rings (SSSR count). The second-order valence-electron chi connectivity index (χ2n) is 4.95. The Morgan fingerprint density at radius 2 is 2.32 bits per heavy atom. The van der Waals surface area contributed by atoms with E-state index < -0.39 is 0 Å². The monoisotopic (exact) mass is 259 g/mol. The lowest BCUT2D eigenvalue weighted by atomic mass is 10.1. The summed E-state index contributed by atoms with van der Waals surface area (Å²) < 4.78 is 5.55. The van der Waals surface area contributed by atoms with Gasteiger partial charge >= 0.3 is 0 Å². The molecule has 0 saturated carbocycles. The van der Waals surface area contributed by atoms with E-state index in [1.807, 2.05) is 36.9 Å². The van der Waals surface area contributed by atoms with Gasteiger partial charge < -0.3 is 14.6 Å². The first kappa shape index (κ1) is 12.2. The average Bonchev–Trinajstić information content (AvgIpc) is 2.88. The number of H-pyrrole nitrogens is 1. The quantitative estimate of drug-likeness (QED) is 0.849. The lowest BCUT2D eigenvalue weighted by Gasteiger charge is -2.37. The highest BCUT2D eigenvalue weighted by Gasteiger charge is 2.29. The molecule has 0 bridgehead atoms. The summed E-state index contributed by atoms with van der Waals surface area (Å²) in [4.78, 5) is 21.6. The number of fused-ring (bicyclic) bond motifs is 1. The molecule has 1 N–H and O–H groups in total. The summed E-state index contributed by atoms with van der Waals surface area (Å²) in [6.45, 7) is 5.27. The van der Waals surface area contributed by atoms with Gasteiger partial charge in [0.25, 0.3) is 5.91 Å². The number of imidazole rings is 1. The zero-order valence-corrected chi connectivity index (χ0v) is 11.1. The van der Waals surface area contributed by atoms with Gasteiger partial charge in [0.2, 0.25) is 0 Å². The normalized spacial score (nSPS) is 23.8. The van der Waals surface area contributed by atoms with E-state index in [2.05, 4.69) is 9.97 Å². The molecule has 1 aromatic carbocycles. The number of ether oxygens (including phenoxy) is 1. The Bertz CT molecular complexity index is 608. The molecule has 0 aliphatic carbocycles. The molecule has 5 heteroatoms. The summed E-state index contributed by atoms with van der Waals surface area (Å²) in [5.74, 6) is 0.0548. The SMILES string of the molecule is CC1OCCN(C(=O)c2ccc3nc[nH]c3c2)C1C. The van der Waals surface area contributed by atoms with E-state index in [4.69, 9.17) is 4.74 Å². The van der Waals surface area contributed by atoms with E-state index in [0.717, 1.165) is 11.0 Å². The second-order valence-corrected chi connectivity index (χ2v) is 4.95. The number of rotatable bonds is 1. The van der Waals surface area contributed by atoms with E-state index in [-0.39, 0.29) is 18.1 Å². The fourth-order valence-corrected chi connectivity index (χ4v) is 2.45. The number of benzene rings is 1. The lowest BCUT2D eigenvalue weighted by Crippen LogP contribution is -2.51. The second kappa shape index (κ2) is 4.66. The number of nitrogens with one attached hydrogen (secondary N) is 1. The predicted molar refractivity (Wildman–Crippen MR) is 72.0 cm³/mol. The number of hydrogen-bond donors (Lipinski definition) is 1. The number of aromatic nitrogens is 2. The van der Waals surface area contributed by atoms with Crippen molar-refractivity contribution in [1.29, 1.82) is 0 Å². The number of aromatic amines is 1. The van der Waals surface area contributed by atoms with E-state index >= 15 is 0 Å². The summed E-state index contributed by atoms with van der Waals surface area (Å²) in [6.07, 6.45) is 1.71. The molecule has 0 spiro atoms. The van der Waals surface area contributed by atoms with Gasteiger partial charge in [-0.05, 0) is 32.0 Å². The highest BCUT2D eigenvalue weighted by molar-refractivity contribution is 5.97. The summed E-state index contributed by atoms with van der Waals surface area (Å²) >= 11 is 0. The van der Waals surface area contributed by atoms with Crippen LogP contribution in [0, 0.1) is 0 Å². The van der Waals surface area contributed by atoms with Crippen LogP contribution in [-0.2, 0) is 4.74 Å². The minimum Gasteiger partial charge on any atom is -0.375 e. The minimum absolute atomic E-state index is 0.0548. The van der Waals surface area contributed by atoms with Crippen molar-refractivity contribution in [2.45, 2.75) is 26.0 Å². The van der Waals surface area contributed by atoms with Crippen LogP contribution < -0.4 is 0 Å². The highest BCUT2D eigenvalue weighted by Crippen LogP contribution is 2.19. The van der Waals surface area contributed by atoms with E-state index in [1.165, 1.54) is 0 Å². The summed E-state index contributed by atoms with van der Waals surface area (Å²) in [5, 5.41) is 0. The van der Waals surface area contributed by atoms with Gasteiger partial charge in [-0.3, -0.25) is 4.79 Å². The molecule has 2 unspecified atom stereocenters. The Morgan fingerprint density at radius 3 is 3.16 bits per heavy atom. The molecule has 19 heavy (non-hydrogen) atoms. The fourth-order valence-electron chi connectivity index (χ4n) is 2.45. The standard InChI is InChI=1S/C14H17N3O2/c1-9-10(2)19-6-5-17(9)14(18)11-3-4-12-13(7-11)16-8-15-12/h3-4,7-10H,5-6H2,1-2H3,(H,15,16). The van der Waals surface area contributed by atoms with Gasteiger partial charge in [0, 0.05) is 12.1 Å². The lowest BCUT2D eigenvalue weighted by molar-refractivity contribution is -0.0440. The third-order valence-corrected chi connectivity index (χ3v) is 3.81. The Hall–Kier alpha value is -1.88. The van der Waals surface area contributed by atoms with Gasteiger partial charge in [-0.2, -0.15) is 0 Å². The van der Waals surface area contributed by atoms with Crippen molar-refractivity contribution in [3.05, 3.63) is 30.1 Å². The first-order valence-corrected chi connectivity index (χ1v) is 6.52. The Morgan fingerprint density at radius 1 is 1.47 bits per heavy atom. The number of amides is 1. The molecule has 2 aromatic rings. The van der Waals surface area contributed by atoms with Crippen molar-refractivity contribution in [3.8, 4) is 0 Å². The molecular formula is C14H17N3O2. The number of hydrogen-bond acceptors (Lipinski definition) is 3. The van der Waals surface area contributed by atoms with Crippen LogP contribution in [0.1, 0.15) is 24.2 Å². The molecule has 2 atom stereocenters. The molecular weight excluding hydrogens is 242 g/mol. The van der Waals surface area contributed by atoms with Gasteiger partial charge in [0.15, 0.2) is 0 Å². The minimum atomic E-state index is 0.0548. The summed E-state index contributed by atoms with van der Waals surface area (Å²) in [6, 6.07) is 5.66. The fraction of sp³-hybridized carbons (Fsp3) is 0.429. The van der Waals surface area contributed by atoms with Crippen molar-refractivity contribution >= 4 is 16.9 Å². The van der Waals surface area contributed by atoms with Crippen LogP contribution in [0.15, 0.2) is 24.5 Å². The first-order chi connectivity index (χ1) is 9.16. The van der Waals surface area contributed by atoms with E-state index in [0.29, 0.717) is 18.7 Å². The molecule has 1 amide bonds. The number of carbonyl (C=O) groups is 1. The Kier molecular flexibility index (Phi) is 2.98. The molecule has 100 valence electrons. The van der Waals surface area contributed by atoms with Crippen molar-refractivity contribution in [3.63, 3.8) is 0 Å². The van der Waals surface area contributed by atoms with Crippen LogP contribution >= 0.6 is 0 Å². The largest absolute Gasteiger partial charge is 0.375 e. The maximum Gasteiger partial charge on any atom is 0.254 e. The van der Waals surface area contributed by atoms with Gasteiger partial charge in [0.05, 0.1) is 36.1 Å². The van der Waals surface area contributed by atoms with E-state index in [1.54, 1.807) is 6.33 Å². The van der Waals surface area contributed by atoms with Crippen LogP contribution in [0.4, 0.5) is 0 Å². The Labute approximate surface area is 111 Å². The van der Waals surface area contributed by atoms with Crippen molar-refractivity contribution < 1.29 is 9.53 Å². The predicted octanol–water partition coefficient (Wildman–Crippen LogP) is 1.81. The van der Waals surface area contributed by atoms with Crippen LogP contribution in [-0.4, -0.2) is 46.1 Å². The van der Waals surface area contributed by atoms with Gasteiger partial charge in [0.1, 0.15) is 0 Å². The number of carbonyl (C=O) groups excluding carboxylic acids is 1. The van der Waals surface area contributed by atoms with Crippen molar-refractivity contribution in [1.82, 2.24) is 14.9 Å². The number of morpholine rings is 1. The summed E-state index contributed by atoms with van der Waals surface area (Å²) in [7, 11) is 0. The van der Waals surface area contributed by atoms with E-state index in [9.17, 15) is 4.79 Å². The number of nitrogens with zero attached hydrogens (tertiary/aromatic N) is 2. The molecule has 1 aliphatic rings. The maximum atomic E-state index is 12.6. The van der Waals surface area contributed by atoms with Gasteiger partial charge in [-0.25, -0.2) is 4.98 Å². The topological polar surface area (TPSA) is 58.2 Å². The molecule has 2 heterocycles. The van der Waals surface area contributed by atoms with Crippen molar-refractivity contribution in [2.75, 3.05) is 13.2 Å². The third kappa shape index (κ3) is 2.10. The summed E-state index contributed by atoms with van der Waals surface area (Å²) in [5.41, 5.74) is 2.46. The Balaban J connectivity index is 1.90. The van der Waals surface area contributed by atoms with Crippen molar-refractivity contribution in [2.24, 2.45) is 0 Å². The maximum absolute atomic E-state index is 12.6.